The van der Waals surface area contributed by atoms with Crippen molar-refractivity contribution in [1.29, 1.82) is 0 Å². The topological polar surface area (TPSA) is 87.7 Å². The maximum atomic E-state index is 12.3. The number of rotatable bonds is 3. The minimum absolute atomic E-state index is 0.0411. The number of amidine groups is 1. The van der Waals surface area contributed by atoms with Gasteiger partial charge < -0.3 is 16.3 Å². The van der Waals surface area contributed by atoms with Crippen molar-refractivity contribution in [3.63, 3.8) is 0 Å². The van der Waals surface area contributed by atoms with Crippen molar-refractivity contribution in [2.75, 3.05) is 0 Å². The first-order valence-corrected chi connectivity index (χ1v) is 7.50. The molecule has 1 saturated carbocycles. The molecule has 1 aromatic rings. The lowest BCUT2D eigenvalue weighted by molar-refractivity contribution is 0.0921. The molecule has 0 radical (unpaired) electrons. The Kier molecular flexibility index (Phi) is 5.20. The highest BCUT2D eigenvalue weighted by atomic mass is 16.4. The number of carbonyl (C=O) groups excluding carboxylic acids is 1. The predicted molar refractivity (Wildman–Crippen MR) is 82.5 cm³/mol. The number of nitrogens with zero attached hydrogens (tertiary/aromatic N) is 1. The first kappa shape index (κ1) is 15.4. The molecule has 0 spiro atoms. The summed E-state index contributed by atoms with van der Waals surface area (Å²) in [6.07, 6.45) is 5.91. The lowest BCUT2D eigenvalue weighted by atomic mass is 9.96. The minimum atomic E-state index is -0.0557. The van der Waals surface area contributed by atoms with Crippen LogP contribution in [0.5, 0.6) is 0 Å². The van der Waals surface area contributed by atoms with E-state index in [-0.39, 0.29) is 17.8 Å². The van der Waals surface area contributed by atoms with Crippen LogP contribution in [0.3, 0.4) is 0 Å². The molecule has 5 heteroatoms. The molecule has 0 saturated heterocycles. The fourth-order valence-corrected chi connectivity index (χ4v) is 2.81. The van der Waals surface area contributed by atoms with Crippen LogP contribution >= 0.6 is 0 Å². The van der Waals surface area contributed by atoms with Crippen LogP contribution in [0.15, 0.2) is 29.4 Å². The van der Waals surface area contributed by atoms with Gasteiger partial charge >= 0.3 is 0 Å². The highest BCUT2D eigenvalue weighted by Crippen LogP contribution is 2.23. The molecule has 0 aliphatic heterocycles. The van der Waals surface area contributed by atoms with Crippen LogP contribution in [-0.4, -0.2) is 23.0 Å². The van der Waals surface area contributed by atoms with Gasteiger partial charge in [-0.2, -0.15) is 0 Å². The maximum Gasteiger partial charge on any atom is 0.251 e. The van der Waals surface area contributed by atoms with Crippen LogP contribution < -0.4 is 11.1 Å². The molecule has 0 bridgehead atoms. The average molecular weight is 289 g/mol. The summed E-state index contributed by atoms with van der Waals surface area (Å²) < 4.78 is 0. The highest BCUT2D eigenvalue weighted by Gasteiger charge is 2.22. The zero-order valence-corrected chi connectivity index (χ0v) is 12.4. The predicted octanol–water partition coefficient (Wildman–Crippen LogP) is 2.48. The molecule has 2 unspecified atom stereocenters. The van der Waals surface area contributed by atoms with Gasteiger partial charge in [-0.1, -0.05) is 43.5 Å². The summed E-state index contributed by atoms with van der Waals surface area (Å²) in [5.74, 6) is 0.507. The van der Waals surface area contributed by atoms with Gasteiger partial charge in [-0.25, -0.2) is 0 Å². The summed E-state index contributed by atoms with van der Waals surface area (Å²) in [6.45, 7) is 2.21. The van der Waals surface area contributed by atoms with Crippen LogP contribution in [0.2, 0.25) is 0 Å². The summed E-state index contributed by atoms with van der Waals surface area (Å²) in [5, 5.41) is 14.7. The largest absolute Gasteiger partial charge is 0.409 e. The van der Waals surface area contributed by atoms with Gasteiger partial charge in [0.25, 0.3) is 5.91 Å². The van der Waals surface area contributed by atoms with Gasteiger partial charge in [0.1, 0.15) is 0 Å². The number of nitrogens with two attached hydrogens (primary N) is 1. The van der Waals surface area contributed by atoms with E-state index in [2.05, 4.69) is 17.4 Å². The Hall–Kier alpha value is -2.04. The average Bonchev–Trinajstić information content (AvgIpc) is 2.71. The Morgan fingerprint density at radius 3 is 2.48 bits per heavy atom. The van der Waals surface area contributed by atoms with E-state index >= 15 is 0 Å². The fourth-order valence-electron chi connectivity index (χ4n) is 2.81. The number of hydrogen-bond acceptors (Lipinski definition) is 3. The lowest BCUT2D eigenvalue weighted by Gasteiger charge is -2.22. The van der Waals surface area contributed by atoms with Crippen molar-refractivity contribution in [3.05, 3.63) is 35.4 Å². The smallest absolute Gasteiger partial charge is 0.251 e. The number of amides is 1. The molecule has 1 aromatic carbocycles. The second-order valence-corrected chi connectivity index (χ2v) is 5.76. The van der Waals surface area contributed by atoms with Crippen molar-refractivity contribution in [2.45, 2.75) is 45.1 Å². The Morgan fingerprint density at radius 2 is 1.81 bits per heavy atom. The molecule has 1 amide bonds. The molecule has 1 fully saturated rings. The van der Waals surface area contributed by atoms with Crippen LogP contribution in [0.1, 0.15) is 54.9 Å². The molecule has 2 atom stereocenters. The second kappa shape index (κ2) is 7.11. The van der Waals surface area contributed by atoms with E-state index in [1.165, 1.54) is 25.7 Å². The van der Waals surface area contributed by atoms with Crippen molar-refractivity contribution in [3.8, 4) is 0 Å². The van der Waals surface area contributed by atoms with Crippen LogP contribution in [-0.2, 0) is 0 Å². The number of benzene rings is 1. The molecule has 1 aliphatic rings. The van der Waals surface area contributed by atoms with Crippen molar-refractivity contribution in [2.24, 2.45) is 16.8 Å². The SMILES string of the molecule is CC1CCCCCC1NC(=O)c1ccc(C(N)=NO)cc1. The van der Waals surface area contributed by atoms with Gasteiger partial charge in [0, 0.05) is 17.2 Å². The summed E-state index contributed by atoms with van der Waals surface area (Å²) >= 11 is 0. The zero-order valence-electron chi connectivity index (χ0n) is 12.4. The summed E-state index contributed by atoms with van der Waals surface area (Å²) in [7, 11) is 0. The first-order chi connectivity index (χ1) is 10.1. The van der Waals surface area contributed by atoms with E-state index in [1.807, 2.05) is 0 Å². The molecular weight excluding hydrogens is 266 g/mol. The molecule has 21 heavy (non-hydrogen) atoms. The zero-order chi connectivity index (χ0) is 15.2. The van der Waals surface area contributed by atoms with Gasteiger partial charge in [0.15, 0.2) is 5.84 Å². The number of hydrogen-bond donors (Lipinski definition) is 3. The standard InChI is InChI=1S/C16H23N3O2/c1-11-5-3-2-4-6-14(11)18-16(20)13-9-7-12(8-10-13)15(17)19-21/h7-11,14,21H,2-6H2,1H3,(H2,17,19)(H,18,20). The Bertz CT molecular complexity index is 511. The maximum absolute atomic E-state index is 12.3. The van der Waals surface area contributed by atoms with Gasteiger partial charge in [-0.15, -0.1) is 0 Å². The number of carbonyl (C=O) groups is 1. The second-order valence-electron chi connectivity index (χ2n) is 5.76. The van der Waals surface area contributed by atoms with Crippen molar-refractivity contribution in [1.82, 2.24) is 5.32 Å². The third-order valence-electron chi connectivity index (χ3n) is 4.23. The first-order valence-electron chi connectivity index (χ1n) is 7.50. The molecule has 1 aliphatic carbocycles. The van der Waals surface area contributed by atoms with E-state index in [9.17, 15) is 4.79 Å². The Labute approximate surface area is 125 Å². The van der Waals surface area contributed by atoms with Gasteiger partial charge in [-0.3, -0.25) is 4.79 Å². The Morgan fingerprint density at radius 1 is 1.19 bits per heavy atom. The monoisotopic (exact) mass is 289 g/mol. The fraction of sp³-hybridized carbons (Fsp3) is 0.500. The van der Waals surface area contributed by atoms with E-state index in [0.29, 0.717) is 17.0 Å². The molecular formula is C16H23N3O2. The van der Waals surface area contributed by atoms with E-state index in [4.69, 9.17) is 10.9 Å². The van der Waals surface area contributed by atoms with Crippen LogP contribution in [0.4, 0.5) is 0 Å². The summed E-state index contributed by atoms with van der Waals surface area (Å²) in [6, 6.07) is 7.01. The normalized spacial score (nSPS) is 23.4. The Balaban J connectivity index is 2.02. The molecule has 5 nitrogen and oxygen atoms in total. The third-order valence-corrected chi connectivity index (χ3v) is 4.23. The van der Waals surface area contributed by atoms with Crippen LogP contribution in [0, 0.1) is 5.92 Å². The van der Waals surface area contributed by atoms with Gasteiger partial charge in [0.05, 0.1) is 0 Å². The number of nitrogens with one attached hydrogen (secondary N) is 1. The molecule has 114 valence electrons. The summed E-state index contributed by atoms with van der Waals surface area (Å²) in [5.41, 5.74) is 6.70. The van der Waals surface area contributed by atoms with Gasteiger partial charge in [-0.05, 0) is 30.9 Å². The lowest BCUT2D eigenvalue weighted by Crippen LogP contribution is -2.38. The third kappa shape index (κ3) is 3.97. The van der Waals surface area contributed by atoms with E-state index in [1.54, 1.807) is 24.3 Å². The van der Waals surface area contributed by atoms with E-state index < -0.39 is 0 Å². The molecule has 2 rings (SSSR count). The molecule has 0 aromatic heterocycles. The number of oxime groups is 1. The van der Waals surface area contributed by atoms with E-state index in [0.717, 1.165) is 6.42 Å². The van der Waals surface area contributed by atoms with Crippen molar-refractivity contribution >= 4 is 11.7 Å². The van der Waals surface area contributed by atoms with Crippen molar-refractivity contribution < 1.29 is 10.0 Å². The summed E-state index contributed by atoms with van der Waals surface area (Å²) in [4.78, 5) is 12.3. The molecule has 4 N–H and O–H groups in total. The minimum Gasteiger partial charge on any atom is -0.409 e. The van der Waals surface area contributed by atoms with Crippen LogP contribution in [0.25, 0.3) is 0 Å². The quantitative estimate of drug-likeness (QED) is 0.263. The highest BCUT2D eigenvalue weighted by molar-refractivity contribution is 5.99. The van der Waals surface area contributed by atoms with Gasteiger partial charge in [0.2, 0.25) is 0 Å². The molecule has 0 heterocycles.